The van der Waals surface area contributed by atoms with Gasteiger partial charge in [0.05, 0.1) is 11.2 Å². The lowest BCUT2D eigenvalue weighted by Gasteiger charge is -2.29. The van der Waals surface area contributed by atoms with Gasteiger partial charge in [0.25, 0.3) is 11.8 Å². The molecule has 11 heteroatoms. The highest BCUT2D eigenvalue weighted by atomic mass is 32.1. The van der Waals surface area contributed by atoms with Gasteiger partial charge in [0, 0.05) is 43.6 Å². The highest BCUT2D eigenvalue weighted by molar-refractivity contribution is 7.09. The molecule has 0 bridgehead atoms. The van der Waals surface area contributed by atoms with E-state index in [-0.39, 0.29) is 29.4 Å². The smallest absolute Gasteiger partial charge is 0.270 e. The van der Waals surface area contributed by atoms with E-state index >= 15 is 0 Å². The van der Waals surface area contributed by atoms with Crippen molar-refractivity contribution < 1.29 is 18.7 Å². The van der Waals surface area contributed by atoms with Gasteiger partial charge in [-0.2, -0.15) is 0 Å². The van der Waals surface area contributed by atoms with Crippen LogP contribution in [0.1, 0.15) is 63.5 Å². The maximum Gasteiger partial charge on any atom is 0.270 e. The second-order valence-electron chi connectivity index (χ2n) is 12.3. The van der Waals surface area contributed by atoms with Crippen LogP contribution >= 0.6 is 11.3 Å². The minimum atomic E-state index is -0.618. The second-order valence-corrected chi connectivity index (χ2v) is 13.3. The Balaban J connectivity index is 1.03. The fourth-order valence-electron chi connectivity index (χ4n) is 6.20. The highest BCUT2D eigenvalue weighted by Crippen LogP contribution is 2.29. The minimum Gasteiger partial charge on any atom is -0.438 e. The van der Waals surface area contributed by atoms with Crippen molar-refractivity contribution in [2.45, 2.75) is 57.5 Å². The standard InChI is InChI=1S/C36H41FN6O3S/c1-24-40-33(23-47-24)35(45)42-30-13-11-29(12-14-30)41-34(44)32-21-28(37)22-39-36(32)46-31-6-2-5-27(20-31)26-9-7-25(8-10-26)4-3-17-43-18-15-38-16-19-43/h2,5-10,20-23,29-30,38H,3-4,11-19H2,1H3,(H,41,44)(H,42,45). The molecule has 2 aromatic heterocycles. The zero-order valence-corrected chi connectivity index (χ0v) is 27.5. The average molecular weight is 657 g/mol. The first kappa shape index (κ1) is 32.7. The molecule has 9 nitrogen and oxygen atoms in total. The van der Waals surface area contributed by atoms with Crippen LogP contribution in [-0.4, -0.2) is 71.5 Å². The zero-order chi connectivity index (χ0) is 32.6. The predicted molar refractivity (Wildman–Crippen MR) is 182 cm³/mol. The number of benzene rings is 2. The fourth-order valence-corrected chi connectivity index (χ4v) is 6.79. The van der Waals surface area contributed by atoms with E-state index in [9.17, 15) is 14.0 Å². The van der Waals surface area contributed by atoms with E-state index in [1.807, 2.05) is 25.1 Å². The van der Waals surface area contributed by atoms with Crippen LogP contribution in [0, 0.1) is 12.7 Å². The van der Waals surface area contributed by atoms with Gasteiger partial charge in [-0.05, 0) is 86.9 Å². The van der Waals surface area contributed by atoms with E-state index in [0.29, 0.717) is 24.3 Å². The monoisotopic (exact) mass is 656 g/mol. The number of piperazine rings is 1. The number of aromatic nitrogens is 2. The van der Waals surface area contributed by atoms with Crippen LogP contribution < -0.4 is 20.7 Å². The average Bonchev–Trinajstić information content (AvgIpc) is 3.54. The molecule has 4 aromatic rings. The summed E-state index contributed by atoms with van der Waals surface area (Å²) in [6, 6.07) is 17.2. The van der Waals surface area contributed by atoms with Gasteiger partial charge in [-0.1, -0.05) is 36.4 Å². The Bertz CT molecular complexity index is 1670. The molecule has 1 aliphatic heterocycles. The van der Waals surface area contributed by atoms with Gasteiger partial charge in [0.1, 0.15) is 22.8 Å². The molecule has 3 N–H and O–H groups in total. The maximum absolute atomic E-state index is 14.3. The molecule has 6 rings (SSSR count). The Morgan fingerprint density at radius 3 is 2.40 bits per heavy atom. The molecule has 0 spiro atoms. The number of carbonyl (C=O) groups is 2. The number of pyridine rings is 1. The summed E-state index contributed by atoms with van der Waals surface area (Å²) in [5.41, 5.74) is 3.81. The van der Waals surface area contributed by atoms with E-state index in [0.717, 1.165) is 86.8 Å². The molecule has 0 unspecified atom stereocenters. The lowest BCUT2D eigenvalue weighted by Crippen LogP contribution is -2.44. The van der Waals surface area contributed by atoms with Crippen LogP contribution in [0.5, 0.6) is 11.6 Å². The number of ether oxygens (including phenoxy) is 1. The van der Waals surface area contributed by atoms with Crippen LogP contribution in [0.2, 0.25) is 0 Å². The Morgan fingerprint density at radius 2 is 1.70 bits per heavy atom. The van der Waals surface area contributed by atoms with Crippen molar-refractivity contribution in [3.05, 3.63) is 93.8 Å². The van der Waals surface area contributed by atoms with Crippen molar-refractivity contribution >= 4 is 23.2 Å². The van der Waals surface area contributed by atoms with Crippen LogP contribution in [-0.2, 0) is 6.42 Å². The summed E-state index contributed by atoms with van der Waals surface area (Å²) in [6.07, 6.45) is 6.03. The van der Waals surface area contributed by atoms with Crippen molar-refractivity contribution in [2.75, 3.05) is 32.7 Å². The summed E-state index contributed by atoms with van der Waals surface area (Å²) in [6.45, 7) is 7.37. The van der Waals surface area contributed by atoms with Crippen molar-refractivity contribution in [3.63, 3.8) is 0 Å². The molecule has 246 valence electrons. The highest BCUT2D eigenvalue weighted by Gasteiger charge is 2.26. The molecule has 0 atom stereocenters. The largest absolute Gasteiger partial charge is 0.438 e. The third-order valence-corrected chi connectivity index (χ3v) is 9.57. The number of hydrogen-bond donors (Lipinski definition) is 3. The lowest BCUT2D eigenvalue weighted by atomic mass is 9.91. The Morgan fingerprint density at radius 1 is 0.979 bits per heavy atom. The molecule has 0 radical (unpaired) electrons. The van der Waals surface area contributed by atoms with Crippen molar-refractivity contribution in [1.29, 1.82) is 0 Å². The van der Waals surface area contributed by atoms with Crippen LogP contribution in [0.15, 0.2) is 66.2 Å². The topological polar surface area (TPSA) is 108 Å². The van der Waals surface area contributed by atoms with Crippen molar-refractivity contribution in [1.82, 2.24) is 30.8 Å². The predicted octanol–water partition coefficient (Wildman–Crippen LogP) is 5.75. The van der Waals surface area contributed by atoms with Crippen LogP contribution in [0.3, 0.4) is 0 Å². The van der Waals surface area contributed by atoms with Gasteiger partial charge in [0.2, 0.25) is 5.88 Å². The molecule has 3 heterocycles. The van der Waals surface area contributed by atoms with E-state index < -0.39 is 11.7 Å². The number of nitrogens with zero attached hydrogens (tertiary/aromatic N) is 3. The van der Waals surface area contributed by atoms with Gasteiger partial charge >= 0.3 is 0 Å². The lowest BCUT2D eigenvalue weighted by molar-refractivity contribution is 0.0888. The first-order valence-corrected chi connectivity index (χ1v) is 17.3. The molecular formula is C36H41FN6O3S. The fraction of sp³-hybridized carbons (Fsp3) is 0.389. The van der Waals surface area contributed by atoms with E-state index in [2.05, 4.69) is 55.1 Å². The number of aryl methyl sites for hydroxylation is 2. The molecule has 2 amide bonds. The number of amides is 2. The summed E-state index contributed by atoms with van der Waals surface area (Å²) < 4.78 is 20.4. The Kier molecular flexibility index (Phi) is 10.9. The van der Waals surface area contributed by atoms with Gasteiger partial charge in [-0.15, -0.1) is 11.3 Å². The third-order valence-electron chi connectivity index (χ3n) is 8.80. The number of halogens is 1. The normalized spacial score (nSPS) is 18.4. The molecule has 2 aromatic carbocycles. The van der Waals surface area contributed by atoms with Crippen molar-refractivity contribution in [2.24, 2.45) is 0 Å². The Hall–Kier alpha value is -4.19. The minimum absolute atomic E-state index is 0.0123. The van der Waals surface area contributed by atoms with Crippen molar-refractivity contribution in [3.8, 4) is 22.8 Å². The molecular weight excluding hydrogens is 616 g/mol. The maximum atomic E-state index is 14.3. The van der Waals surface area contributed by atoms with E-state index in [1.54, 1.807) is 11.4 Å². The Labute approximate surface area is 279 Å². The molecule has 2 fully saturated rings. The number of hydrogen-bond acceptors (Lipinski definition) is 8. The number of thiazole rings is 1. The quantitative estimate of drug-likeness (QED) is 0.189. The van der Waals surface area contributed by atoms with E-state index in [4.69, 9.17) is 4.74 Å². The summed E-state index contributed by atoms with van der Waals surface area (Å²) >= 11 is 1.44. The van der Waals surface area contributed by atoms with E-state index in [1.165, 1.54) is 16.9 Å². The molecule has 1 aliphatic carbocycles. The summed E-state index contributed by atoms with van der Waals surface area (Å²) in [5.74, 6) is -0.691. The van der Waals surface area contributed by atoms with Gasteiger partial charge in [0.15, 0.2) is 0 Å². The summed E-state index contributed by atoms with van der Waals surface area (Å²) in [5, 5.41) is 12.1. The molecule has 1 saturated heterocycles. The first-order chi connectivity index (χ1) is 22.9. The van der Waals surface area contributed by atoms with Crippen LogP contribution in [0.25, 0.3) is 11.1 Å². The summed E-state index contributed by atoms with van der Waals surface area (Å²) in [7, 11) is 0. The molecule has 2 aliphatic rings. The molecule has 1 saturated carbocycles. The number of rotatable bonds is 11. The van der Waals surface area contributed by atoms with Gasteiger partial charge in [-0.3, -0.25) is 9.59 Å². The van der Waals surface area contributed by atoms with Gasteiger partial charge < -0.3 is 25.6 Å². The SMILES string of the molecule is Cc1nc(C(=O)NC2CCC(NC(=O)c3cc(F)cnc3Oc3cccc(-c4ccc(CCCN5CCNCC5)cc4)c3)CC2)cs1. The first-order valence-electron chi connectivity index (χ1n) is 16.4. The van der Waals surface area contributed by atoms with Crippen LogP contribution in [0.4, 0.5) is 4.39 Å². The number of carbonyl (C=O) groups excluding carboxylic acids is 2. The summed E-state index contributed by atoms with van der Waals surface area (Å²) in [4.78, 5) is 36.7. The second kappa shape index (κ2) is 15.6. The zero-order valence-electron chi connectivity index (χ0n) is 26.6. The molecule has 47 heavy (non-hydrogen) atoms. The number of nitrogens with one attached hydrogen (secondary N) is 3. The van der Waals surface area contributed by atoms with Gasteiger partial charge in [-0.25, -0.2) is 14.4 Å². The third kappa shape index (κ3) is 9.00.